The van der Waals surface area contributed by atoms with Crippen molar-refractivity contribution in [3.05, 3.63) is 16.1 Å². The summed E-state index contributed by atoms with van der Waals surface area (Å²) < 4.78 is 0. The van der Waals surface area contributed by atoms with E-state index in [9.17, 15) is 0 Å². The van der Waals surface area contributed by atoms with Crippen LogP contribution in [0.2, 0.25) is 0 Å². The van der Waals surface area contributed by atoms with E-state index in [2.05, 4.69) is 48.3 Å². The highest BCUT2D eigenvalue weighted by Crippen LogP contribution is 2.13. The smallest absolute Gasteiger partial charge is 0.191 e. The van der Waals surface area contributed by atoms with Gasteiger partial charge in [-0.2, -0.15) is 0 Å². The van der Waals surface area contributed by atoms with Gasteiger partial charge in [0.25, 0.3) is 0 Å². The number of halogens is 1. The van der Waals surface area contributed by atoms with E-state index >= 15 is 0 Å². The second-order valence-corrected chi connectivity index (χ2v) is 6.08. The number of hydrogen-bond acceptors (Lipinski definition) is 3. The zero-order valence-corrected chi connectivity index (χ0v) is 16.0. The minimum Gasteiger partial charge on any atom is -0.357 e. The Labute approximate surface area is 143 Å². The second-order valence-electron chi connectivity index (χ2n) is 4.88. The van der Waals surface area contributed by atoms with E-state index in [0.29, 0.717) is 12.5 Å². The molecule has 1 aromatic heterocycles. The number of hydrogen-bond donors (Lipinski definition) is 2. The van der Waals surface area contributed by atoms with E-state index in [1.54, 1.807) is 11.3 Å². The SMILES string of the molecule is CCNC(=NCc1ncc(CC)s1)NCCC(C)C.I. The van der Waals surface area contributed by atoms with Gasteiger partial charge in [0.1, 0.15) is 5.01 Å². The molecule has 0 aliphatic heterocycles. The van der Waals surface area contributed by atoms with Gasteiger partial charge in [-0.1, -0.05) is 20.8 Å². The minimum absolute atomic E-state index is 0. The van der Waals surface area contributed by atoms with Gasteiger partial charge in [-0.25, -0.2) is 9.98 Å². The Morgan fingerprint density at radius 2 is 2.10 bits per heavy atom. The molecule has 20 heavy (non-hydrogen) atoms. The molecule has 0 unspecified atom stereocenters. The molecule has 1 aromatic rings. The summed E-state index contributed by atoms with van der Waals surface area (Å²) in [6, 6.07) is 0. The van der Waals surface area contributed by atoms with Crippen LogP contribution in [0.4, 0.5) is 0 Å². The average molecular weight is 410 g/mol. The highest BCUT2D eigenvalue weighted by Gasteiger charge is 2.02. The Morgan fingerprint density at radius 3 is 2.65 bits per heavy atom. The predicted molar refractivity (Wildman–Crippen MR) is 99.2 cm³/mol. The van der Waals surface area contributed by atoms with E-state index in [1.807, 2.05) is 6.20 Å². The van der Waals surface area contributed by atoms with Crippen molar-refractivity contribution in [3.8, 4) is 0 Å². The van der Waals surface area contributed by atoms with Crippen LogP contribution in [-0.4, -0.2) is 24.0 Å². The van der Waals surface area contributed by atoms with Crippen molar-refractivity contribution in [2.75, 3.05) is 13.1 Å². The zero-order chi connectivity index (χ0) is 14.1. The van der Waals surface area contributed by atoms with E-state index in [1.165, 1.54) is 4.88 Å². The van der Waals surface area contributed by atoms with Gasteiger partial charge in [0, 0.05) is 24.2 Å². The highest BCUT2D eigenvalue weighted by atomic mass is 127. The van der Waals surface area contributed by atoms with Crippen molar-refractivity contribution in [3.63, 3.8) is 0 Å². The topological polar surface area (TPSA) is 49.3 Å². The number of guanidine groups is 1. The van der Waals surface area contributed by atoms with E-state index in [-0.39, 0.29) is 24.0 Å². The third-order valence-electron chi connectivity index (χ3n) is 2.68. The fraction of sp³-hybridized carbons (Fsp3) is 0.714. The average Bonchev–Trinajstić information content (AvgIpc) is 2.83. The molecular weight excluding hydrogens is 383 g/mol. The number of nitrogens with one attached hydrogen (secondary N) is 2. The van der Waals surface area contributed by atoms with Crippen LogP contribution < -0.4 is 10.6 Å². The van der Waals surface area contributed by atoms with Crippen molar-refractivity contribution in [1.82, 2.24) is 15.6 Å². The first kappa shape index (κ1) is 19.6. The lowest BCUT2D eigenvalue weighted by atomic mass is 10.1. The third kappa shape index (κ3) is 8.04. The molecule has 0 aliphatic carbocycles. The van der Waals surface area contributed by atoms with Crippen LogP contribution in [0.1, 0.15) is 44.0 Å². The number of aromatic nitrogens is 1. The summed E-state index contributed by atoms with van der Waals surface area (Å²) >= 11 is 1.75. The van der Waals surface area contributed by atoms with Gasteiger partial charge in [0.05, 0.1) is 6.54 Å². The first-order valence-electron chi connectivity index (χ1n) is 7.11. The fourth-order valence-electron chi connectivity index (χ4n) is 1.55. The van der Waals surface area contributed by atoms with Gasteiger partial charge >= 0.3 is 0 Å². The van der Waals surface area contributed by atoms with E-state index in [0.717, 1.165) is 36.9 Å². The van der Waals surface area contributed by atoms with Crippen LogP contribution in [-0.2, 0) is 13.0 Å². The molecule has 4 nitrogen and oxygen atoms in total. The molecule has 0 amide bonds. The van der Waals surface area contributed by atoms with Crippen molar-refractivity contribution >= 4 is 41.3 Å². The maximum atomic E-state index is 4.57. The number of aliphatic imine (C=N–C) groups is 1. The van der Waals surface area contributed by atoms with Crippen molar-refractivity contribution in [1.29, 1.82) is 0 Å². The Balaban J connectivity index is 0.00000361. The molecule has 0 atom stereocenters. The second kappa shape index (κ2) is 11.3. The fourth-order valence-corrected chi connectivity index (χ4v) is 2.34. The number of thiazole rings is 1. The lowest BCUT2D eigenvalue weighted by molar-refractivity contribution is 0.573. The molecule has 0 bridgehead atoms. The molecule has 0 fully saturated rings. The summed E-state index contributed by atoms with van der Waals surface area (Å²) in [5, 5.41) is 7.70. The van der Waals surface area contributed by atoms with Gasteiger partial charge in [-0.3, -0.25) is 0 Å². The Bertz CT molecular complexity index is 390. The summed E-state index contributed by atoms with van der Waals surface area (Å²) in [5.74, 6) is 1.60. The first-order chi connectivity index (χ1) is 9.15. The molecule has 0 aliphatic rings. The van der Waals surface area contributed by atoms with Gasteiger partial charge in [-0.15, -0.1) is 35.3 Å². The van der Waals surface area contributed by atoms with Crippen LogP contribution in [0, 0.1) is 5.92 Å². The molecular formula is C14H27IN4S. The predicted octanol–water partition coefficient (Wildman–Crippen LogP) is 3.42. The first-order valence-corrected chi connectivity index (χ1v) is 7.93. The van der Waals surface area contributed by atoms with Gasteiger partial charge in [-0.05, 0) is 25.7 Å². The molecule has 2 N–H and O–H groups in total. The normalized spacial score (nSPS) is 11.3. The quantitative estimate of drug-likeness (QED) is 0.412. The Hall–Kier alpha value is -0.370. The molecule has 6 heteroatoms. The minimum atomic E-state index is 0. The Morgan fingerprint density at radius 1 is 1.35 bits per heavy atom. The lowest BCUT2D eigenvalue weighted by Gasteiger charge is -2.11. The molecule has 0 aromatic carbocycles. The van der Waals surface area contributed by atoms with Crippen LogP contribution in [0.5, 0.6) is 0 Å². The number of nitrogens with zero attached hydrogens (tertiary/aromatic N) is 2. The maximum absolute atomic E-state index is 4.57. The summed E-state index contributed by atoms with van der Waals surface area (Å²) in [6.07, 6.45) is 4.16. The molecule has 0 saturated heterocycles. The monoisotopic (exact) mass is 410 g/mol. The van der Waals surface area contributed by atoms with E-state index in [4.69, 9.17) is 0 Å². The highest BCUT2D eigenvalue weighted by molar-refractivity contribution is 14.0. The summed E-state index contributed by atoms with van der Waals surface area (Å²) in [6.45, 7) is 11.2. The maximum Gasteiger partial charge on any atom is 0.191 e. The zero-order valence-electron chi connectivity index (χ0n) is 12.9. The van der Waals surface area contributed by atoms with E-state index < -0.39 is 0 Å². The number of rotatable bonds is 7. The molecule has 116 valence electrons. The van der Waals surface area contributed by atoms with Crippen molar-refractivity contribution in [2.24, 2.45) is 10.9 Å². The molecule has 1 rings (SSSR count). The summed E-state index contributed by atoms with van der Waals surface area (Å²) in [4.78, 5) is 10.3. The third-order valence-corrected chi connectivity index (χ3v) is 3.81. The standard InChI is InChI=1S/C14H26N4S.HI/c1-5-12-9-17-13(19-12)10-18-14(15-6-2)16-8-7-11(3)4;/h9,11H,5-8,10H2,1-4H3,(H2,15,16,18);1H. The molecule has 0 radical (unpaired) electrons. The van der Waals surface area contributed by atoms with Crippen molar-refractivity contribution in [2.45, 2.75) is 47.1 Å². The van der Waals surface area contributed by atoms with Gasteiger partial charge in [0.2, 0.25) is 0 Å². The largest absolute Gasteiger partial charge is 0.357 e. The van der Waals surface area contributed by atoms with Crippen LogP contribution in [0.15, 0.2) is 11.2 Å². The van der Waals surface area contributed by atoms with Gasteiger partial charge < -0.3 is 10.6 Å². The lowest BCUT2D eigenvalue weighted by Crippen LogP contribution is -2.38. The number of aryl methyl sites for hydroxylation is 1. The molecule has 0 spiro atoms. The van der Waals surface area contributed by atoms with Crippen LogP contribution in [0.3, 0.4) is 0 Å². The summed E-state index contributed by atoms with van der Waals surface area (Å²) in [5.41, 5.74) is 0. The van der Waals surface area contributed by atoms with Crippen LogP contribution >= 0.6 is 35.3 Å². The van der Waals surface area contributed by atoms with Crippen molar-refractivity contribution < 1.29 is 0 Å². The Kier molecular flexibility index (Phi) is 11.1. The summed E-state index contributed by atoms with van der Waals surface area (Å²) in [7, 11) is 0. The molecule has 0 saturated carbocycles. The van der Waals surface area contributed by atoms with Crippen LogP contribution in [0.25, 0.3) is 0 Å². The molecule has 1 heterocycles. The van der Waals surface area contributed by atoms with Gasteiger partial charge in [0.15, 0.2) is 5.96 Å².